The van der Waals surface area contributed by atoms with Crippen molar-refractivity contribution in [1.82, 2.24) is 20.0 Å². The summed E-state index contributed by atoms with van der Waals surface area (Å²) in [6.07, 6.45) is -3.06. The maximum atomic E-state index is 12.3. The molecule has 0 bridgehead atoms. The van der Waals surface area contributed by atoms with E-state index < -0.39 is 24.5 Å². The van der Waals surface area contributed by atoms with Gasteiger partial charge in [0.25, 0.3) is 5.91 Å². The Morgan fingerprint density at radius 2 is 2.22 bits per heavy atom. The van der Waals surface area contributed by atoms with Crippen molar-refractivity contribution in [1.29, 1.82) is 0 Å². The molecule has 0 aromatic carbocycles. The van der Waals surface area contributed by atoms with Crippen LogP contribution in [0.15, 0.2) is 12.8 Å². The summed E-state index contributed by atoms with van der Waals surface area (Å²) in [5.41, 5.74) is 5.94. The molecule has 1 aliphatic rings. The molecule has 0 radical (unpaired) electrons. The molecule has 10 heteroatoms. The van der Waals surface area contributed by atoms with Crippen molar-refractivity contribution in [2.45, 2.75) is 25.1 Å². The number of carbonyl (C=O) groups is 2. The van der Waals surface area contributed by atoms with E-state index >= 15 is 0 Å². The van der Waals surface area contributed by atoms with Crippen LogP contribution in [0.3, 0.4) is 0 Å². The Kier molecular flexibility index (Phi) is 4.62. The SMILES string of the molecule is C=Cn1ncc(C(=O)N2CCC(NC(=O)CC(F)(F)F)C2)c1N. The molecular weight excluding hydrogens is 315 g/mol. The van der Waals surface area contributed by atoms with Gasteiger partial charge in [0.1, 0.15) is 17.8 Å². The van der Waals surface area contributed by atoms with E-state index in [1.165, 1.54) is 22.0 Å². The number of nitrogens with zero attached hydrogens (tertiary/aromatic N) is 3. The van der Waals surface area contributed by atoms with Crippen molar-refractivity contribution in [3.63, 3.8) is 0 Å². The number of hydrogen-bond acceptors (Lipinski definition) is 4. The lowest BCUT2D eigenvalue weighted by molar-refractivity contribution is -0.154. The number of hydrogen-bond donors (Lipinski definition) is 2. The molecule has 1 aromatic rings. The van der Waals surface area contributed by atoms with Crippen LogP contribution in [-0.2, 0) is 4.79 Å². The summed E-state index contributed by atoms with van der Waals surface area (Å²) in [5.74, 6) is -1.35. The average Bonchev–Trinajstić information content (AvgIpc) is 3.02. The second-order valence-electron chi connectivity index (χ2n) is 5.17. The summed E-state index contributed by atoms with van der Waals surface area (Å²) in [4.78, 5) is 25.0. The first-order chi connectivity index (χ1) is 10.7. The quantitative estimate of drug-likeness (QED) is 0.855. The van der Waals surface area contributed by atoms with Crippen molar-refractivity contribution < 1.29 is 22.8 Å². The van der Waals surface area contributed by atoms with E-state index in [1.807, 2.05) is 0 Å². The Balaban J connectivity index is 1.94. The van der Waals surface area contributed by atoms with Crippen LogP contribution in [-0.4, -0.2) is 51.8 Å². The lowest BCUT2D eigenvalue weighted by Gasteiger charge is -2.17. The largest absolute Gasteiger partial charge is 0.397 e. The molecule has 0 aliphatic carbocycles. The minimum atomic E-state index is -4.55. The van der Waals surface area contributed by atoms with Crippen LogP contribution in [0.25, 0.3) is 6.20 Å². The van der Waals surface area contributed by atoms with Gasteiger partial charge in [-0.1, -0.05) is 6.58 Å². The van der Waals surface area contributed by atoms with Gasteiger partial charge in [-0.2, -0.15) is 18.3 Å². The normalized spacial score (nSPS) is 18.0. The number of rotatable bonds is 4. The number of nitrogens with two attached hydrogens (primary N) is 1. The molecule has 7 nitrogen and oxygen atoms in total. The molecule has 1 aliphatic heterocycles. The number of alkyl halides is 3. The van der Waals surface area contributed by atoms with Gasteiger partial charge in [0.15, 0.2) is 0 Å². The maximum absolute atomic E-state index is 12.3. The summed E-state index contributed by atoms with van der Waals surface area (Å²) < 4.78 is 37.6. The van der Waals surface area contributed by atoms with E-state index in [9.17, 15) is 22.8 Å². The van der Waals surface area contributed by atoms with Crippen LogP contribution in [0.4, 0.5) is 19.0 Å². The number of likely N-dealkylation sites (tertiary alicyclic amines) is 1. The zero-order valence-corrected chi connectivity index (χ0v) is 12.1. The zero-order valence-electron chi connectivity index (χ0n) is 12.1. The van der Waals surface area contributed by atoms with Crippen LogP contribution in [0.2, 0.25) is 0 Å². The van der Waals surface area contributed by atoms with Gasteiger partial charge < -0.3 is 16.0 Å². The fourth-order valence-corrected chi connectivity index (χ4v) is 2.38. The zero-order chi connectivity index (χ0) is 17.2. The molecule has 1 fully saturated rings. The Labute approximate surface area is 129 Å². The summed E-state index contributed by atoms with van der Waals surface area (Å²) >= 11 is 0. The van der Waals surface area contributed by atoms with Gasteiger partial charge in [-0.3, -0.25) is 9.59 Å². The van der Waals surface area contributed by atoms with Crippen LogP contribution in [0.1, 0.15) is 23.2 Å². The number of aromatic nitrogens is 2. The number of nitrogens with one attached hydrogen (secondary N) is 1. The second kappa shape index (κ2) is 6.31. The fraction of sp³-hybridized carbons (Fsp3) is 0.462. The van der Waals surface area contributed by atoms with Gasteiger partial charge in [0.05, 0.1) is 6.20 Å². The van der Waals surface area contributed by atoms with Crippen molar-refractivity contribution in [3.8, 4) is 0 Å². The molecular formula is C13H16F3N5O2. The molecule has 1 aromatic heterocycles. The third kappa shape index (κ3) is 4.02. The van der Waals surface area contributed by atoms with E-state index in [0.717, 1.165) is 0 Å². The van der Waals surface area contributed by atoms with Crippen LogP contribution in [0.5, 0.6) is 0 Å². The monoisotopic (exact) mass is 331 g/mol. The van der Waals surface area contributed by atoms with Crippen molar-refractivity contribution >= 4 is 23.8 Å². The highest BCUT2D eigenvalue weighted by atomic mass is 19.4. The molecule has 1 atom stereocenters. The standard InChI is InChI=1S/C13H16F3N5O2/c1-2-21-11(17)9(6-18-21)12(23)20-4-3-8(7-20)19-10(22)5-13(14,15)16/h2,6,8H,1,3-5,7,17H2,(H,19,22). The first-order valence-corrected chi connectivity index (χ1v) is 6.82. The van der Waals surface area contributed by atoms with Crippen molar-refractivity contribution in [2.75, 3.05) is 18.8 Å². The molecule has 1 unspecified atom stereocenters. The summed E-state index contributed by atoms with van der Waals surface area (Å²) in [6, 6.07) is -0.510. The van der Waals surface area contributed by atoms with Crippen LogP contribution >= 0.6 is 0 Å². The maximum Gasteiger partial charge on any atom is 0.397 e. The first kappa shape index (κ1) is 16.8. The van der Waals surface area contributed by atoms with Gasteiger partial charge in [0, 0.05) is 25.3 Å². The third-order valence-corrected chi connectivity index (χ3v) is 3.44. The minimum Gasteiger partial charge on any atom is -0.383 e. The van der Waals surface area contributed by atoms with Crippen LogP contribution in [0, 0.1) is 0 Å². The summed E-state index contributed by atoms with van der Waals surface area (Å²) in [5, 5.41) is 6.15. The lowest BCUT2D eigenvalue weighted by Crippen LogP contribution is -2.40. The Morgan fingerprint density at radius 3 is 2.78 bits per heavy atom. The number of halogens is 3. The van der Waals surface area contributed by atoms with Gasteiger partial charge in [-0.05, 0) is 6.42 Å². The van der Waals surface area contributed by atoms with Gasteiger partial charge in [-0.15, -0.1) is 0 Å². The Hall–Kier alpha value is -2.52. The topological polar surface area (TPSA) is 93.2 Å². The van der Waals surface area contributed by atoms with Crippen LogP contribution < -0.4 is 11.1 Å². The van der Waals surface area contributed by atoms with Crippen molar-refractivity contribution in [3.05, 3.63) is 18.3 Å². The van der Waals surface area contributed by atoms with E-state index in [0.29, 0.717) is 13.0 Å². The summed E-state index contributed by atoms with van der Waals surface area (Å²) in [7, 11) is 0. The number of carbonyl (C=O) groups excluding carboxylic acids is 2. The van der Waals surface area contributed by atoms with Gasteiger partial charge in [0.2, 0.25) is 5.91 Å². The van der Waals surface area contributed by atoms with Crippen molar-refractivity contribution in [2.24, 2.45) is 0 Å². The third-order valence-electron chi connectivity index (χ3n) is 3.44. The molecule has 0 saturated carbocycles. The Morgan fingerprint density at radius 1 is 1.52 bits per heavy atom. The minimum absolute atomic E-state index is 0.126. The highest BCUT2D eigenvalue weighted by Crippen LogP contribution is 2.21. The molecule has 0 spiro atoms. The molecule has 1 saturated heterocycles. The molecule has 2 rings (SSSR count). The van der Waals surface area contributed by atoms with E-state index in [1.54, 1.807) is 0 Å². The van der Waals surface area contributed by atoms with E-state index in [2.05, 4.69) is 17.0 Å². The summed E-state index contributed by atoms with van der Waals surface area (Å²) in [6.45, 7) is 3.93. The Bertz CT molecular complexity index is 626. The molecule has 126 valence electrons. The predicted molar refractivity (Wildman–Crippen MR) is 76.1 cm³/mol. The van der Waals surface area contributed by atoms with Gasteiger partial charge in [-0.25, -0.2) is 4.68 Å². The smallest absolute Gasteiger partial charge is 0.383 e. The predicted octanol–water partition coefficient (Wildman–Crippen LogP) is 0.849. The first-order valence-electron chi connectivity index (χ1n) is 6.82. The average molecular weight is 331 g/mol. The molecule has 2 heterocycles. The number of amides is 2. The second-order valence-corrected chi connectivity index (χ2v) is 5.17. The number of anilines is 1. The highest BCUT2D eigenvalue weighted by Gasteiger charge is 2.34. The van der Waals surface area contributed by atoms with Gasteiger partial charge >= 0.3 is 6.18 Å². The number of nitrogen functional groups attached to an aromatic ring is 1. The van der Waals surface area contributed by atoms with E-state index in [4.69, 9.17) is 5.73 Å². The highest BCUT2D eigenvalue weighted by molar-refractivity contribution is 5.98. The van der Waals surface area contributed by atoms with E-state index in [-0.39, 0.29) is 23.8 Å². The molecule has 23 heavy (non-hydrogen) atoms. The fourth-order valence-electron chi connectivity index (χ4n) is 2.38. The molecule has 2 amide bonds. The lowest BCUT2D eigenvalue weighted by atomic mass is 10.2. The molecule has 3 N–H and O–H groups in total.